The van der Waals surface area contributed by atoms with Gasteiger partial charge in [-0.3, -0.25) is 4.90 Å². The molecule has 1 unspecified atom stereocenters. The lowest BCUT2D eigenvalue weighted by Gasteiger charge is -2.40. The molecular weight excluding hydrogens is 434 g/mol. The number of hydrogen-bond acceptors (Lipinski definition) is 6. The van der Waals surface area contributed by atoms with Gasteiger partial charge in [0.1, 0.15) is 5.75 Å². The molecule has 0 saturated carbocycles. The highest BCUT2D eigenvalue weighted by Crippen LogP contribution is 2.34. The molecule has 1 atom stereocenters. The molecule has 1 saturated heterocycles. The molecular formula is C26H37N3O5. The summed E-state index contributed by atoms with van der Waals surface area (Å²) >= 11 is 0. The van der Waals surface area contributed by atoms with Crippen LogP contribution in [0.15, 0.2) is 36.4 Å². The summed E-state index contributed by atoms with van der Waals surface area (Å²) in [5, 5.41) is 9.95. The zero-order chi connectivity index (χ0) is 24.5. The summed E-state index contributed by atoms with van der Waals surface area (Å²) in [5.41, 5.74) is 8.32. The van der Waals surface area contributed by atoms with E-state index in [2.05, 4.69) is 6.92 Å². The second-order valence-corrected chi connectivity index (χ2v) is 8.56. The number of nitrogens with zero attached hydrogens (tertiary/aromatic N) is 2. The molecule has 8 nitrogen and oxygen atoms in total. The molecule has 0 radical (unpaired) electrons. The molecule has 1 aliphatic heterocycles. The molecule has 34 heavy (non-hydrogen) atoms. The first kappa shape index (κ1) is 25.6. The van der Waals surface area contributed by atoms with E-state index in [0.717, 1.165) is 30.4 Å². The van der Waals surface area contributed by atoms with Gasteiger partial charge in [0.05, 0.1) is 27.4 Å². The van der Waals surface area contributed by atoms with Gasteiger partial charge in [-0.1, -0.05) is 31.9 Å². The van der Waals surface area contributed by atoms with Crippen LogP contribution in [0.1, 0.15) is 37.3 Å². The van der Waals surface area contributed by atoms with Gasteiger partial charge in [-0.05, 0) is 30.2 Å². The van der Waals surface area contributed by atoms with Crippen molar-refractivity contribution in [3.05, 3.63) is 47.5 Å². The highest BCUT2D eigenvalue weighted by molar-refractivity contribution is 5.93. The predicted octanol–water partition coefficient (Wildman–Crippen LogP) is 3.78. The van der Waals surface area contributed by atoms with E-state index in [-0.39, 0.29) is 18.6 Å². The molecule has 2 aromatic carbocycles. The summed E-state index contributed by atoms with van der Waals surface area (Å²) in [4.78, 5) is 17.0. The van der Waals surface area contributed by atoms with E-state index in [4.69, 9.17) is 19.9 Å². The first-order chi connectivity index (χ1) is 16.5. The van der Waals surface area contributed by atoms with Crippen molar-refractivity contribution in [1.29, 1.82) is 0 Å². The largest absolute Gasteiger partial charge is 0.496 e. The van der Waals surface area contributed by atoms with Gasteiger partial charge in [0.15, 0.2) is 11.5 Å². The van der Waals surface area contributed by atoms with Gasteiger partial charge in [-0.25, -0.2) is 4.79 Å². The minimum absolute atomic E-state index is 0.0138. The quantitative estimate of drug-likeness (QED) is 0.457. The smallest absolute Gasteiger partial charge is 0.324 e. The molecule has 2 amide bonds. The molecule has 3 rings (SSSR count). The maximum Gasteiger partial charge on any atom is 0.324 e. The van der Waals surface area contributed by atoms with Gasteiger partial charge in [0.25, 0.3) is 0 Å². The lowest BCUT2D eigenvalue weighted by atomic mass is 10.0. The predicted molar refractivity (Wildman–Crippen MR) is 133 cm³/mol. The molecule has 3 N–H and O–H groups in total. The first-order valence-electron chi connectivity index (χ1n) is 11.9. The maximum absolute atomic E-state index is 13.5. The van der Waals surface area contributed by atoms with Crippen molar-refractivity contribution in [2.24, 2.45) is 11.7 Å². The number of rotatable bonds is 12. The Kier molecular flexibility index (Phi) is 9.42. The number of anilines is 1. The third kappa shape index (κ3) is 6.12. The van der Waals surface area contributed by atoms with Crippen molar-refractivity contribution in [3.63, 3.8) is 0 Å². The average molecular weight is 472 g/mol. The van der Waals surface area contributed by atoms with E-state index in [9.17, 15) is 9.90 Å². The summed E-state index contributed by atoms with van der Waals surface area (Å²) in [6, 6.07) is 11.2. The number of hydrogen-bond donors (Lipinski definition) is 2. The van der Waals surface area contributed by atoms with Gasteiger partial charge < -0.3 is 30.0 Å². The number of urea groups is 1. The second kappa shape index (κ2) is 12.5. The van der Waals surface area contributed by atoms with Crippen molar-refractivity contribution in [1.82, 2.24) is 4.90 Å². The van der Waals surface area contributed by atoms with E-state index in [1.54, 1.807) is 24.0 Å². The summed E-state index contributed by atoms with van der Waals surface area (Å²) in [5.74, 6) is 1.86. The fourth-order valence-corrected chi connectivity index (χ4v) is 4.15. The van der Waals surface area contributed by atoms with Crippen molar-refractivity contribution in [3.8, 4) is 17.2 Å². The number of methoxy groups -OCH3 is 2. The van der Waals surface area contributed by atoms with Gasteiger partial charge >= 0.3 is 6.03 Å². The van der Waals surface area contributed by atoms with Crippen molar-refractivity contribution in [2.75, 3.05) is 45.4 Å². The Hall–Kier alpha value is -2.97. The van der Waals surface area contributed by atoms with Crippen LogP contribution in [-0.2, 0) is 13.1 Å². The Bertz CT molecular complexity index is 952. The zero-order valence-corrected chi connectivity index (χ0v) is 20.5. The average Bonchev–Trinajstić information content (AvgIpc) is 2.87. The van der Waals surface area contributed by atoms with Crippen LogP contribution in [-0.4, -0.2) is 56.6 Å². The summed E-state index contributed by atoms with van der Waals surface area (Å²) in [6.07, 6.45) is 3.16. The number of ether oxygens (including phenoxy) is 3. The summed E-state index contributed by atoms with van der Waals surface area (Å²) in [7, 11) is 3.21. The number of carbonyl (C=O) groups excluding carboxylic acids is 1. The third-order valence-electron chi connectivity index (χ3n) is 6.09. The Morgan fingerprint density at radius 3 is 2.50 bits per heavy atom. The molecule has 1 heterocycles. The summed E-state index contributed by atoms with van der Waals surface area (Å²) < 4.78 is 17.0. The fourth-order valence-electron chi connectivity index (χ4n) is 4.15. The van der Waals surface area contributed by atoms with Gasteiger partial charge in [0, 0.05) is 49.5 Å². The van der Waals surface area contributed by atoms with Crippen LogP contribution < -0.4 is 24.8 Å². The molecule has 0 aliphatic carbocycles. The topological polar surface area (TPSA) is 97.5 Å². The van der Waals surface area contributed by atoms with Crippen LogP contribution in [0, 0.1) is 5.92 Å². The standard InChI is InChI=1S/C26H37N3O5/c1-4-5-6-11-34-25-13-22(9-10-23(25)32-2)29-16-20(18-30)15-28(26(29)31)17-21-8-7-19(14-27)12-24(21)33-3/h7-10,12-13,20,30H,4-6,11,14-18,27H2,1-3H3. The SMILES string of the molecule is CCCCCOc1cc(N2CC(CO)CN(Cc3ccc(CN)cc3OC)C2=O)ccc1OC. The Morgan fingerprint density at radius 2 is 1.82 bits per heavy atom. The monoisotopic (exact) mass is 471 g/mol. The maximum atomic E-state index is 13.5. The number of aliphatic hydroxyl groups excluding tert-OH is 1. The van der Waals surface area contributed by atoms with E-state index in [1.807, 2.05) is 36.4 Å². The van der Waals surface area contributed by atoms with Gasteiger partial charge in [0.2, 0.25) is 0 Å². The zero-order valence-electron chi connectivity index (χ0n) is 20.5. The molecule has 0 spiro atoms. The minimum atomic E-state index is -0.128. The van der Waals surface area contributed by atoms with Crippen molar-refractivity contribution < 1.29 is 24.1 Å². The number of carbonyl (C=O) groups is 1. The number of amides is 2. The molecule has 0 aromatic heterocycles. The summed E-state index contributed by atoms with van der Waals surface area (Å²) in [6.45, 7) is 4.40. The highest BCUT2D eigenvalue weighted by atomic mass is 16.5. The fraction of sp³-hybridized carbons (Fsp3) is 0.500. The third-order valence-corrected chi connectivity index (χ3v) is 6.09. The number of aliphatic hydroxyl groups is 1. The minimum Gasteiger partial charge on any atom is -0.496 e. The second-order valence-electron chi connectivity index (χ2n) is 8.56. The Morgan fingerprint density at radius 1 is 1.03 bits per heavy atom. The van der Waals surface area contributed by atoms with Crippen molar-refractivity contribution >= 4 is 11.7 Å². The molecule has 186 valence electrons. The van der Waals surface area contributed by atoms with Gasteiger partial charge in [-0.15, -0.1) is 0 Å². The number of benzene rings is 2. The number of unbranched alkanes of at least 4 members (excludes halogenated alkanes) is 2. The number of nitrogens with two attached hydrogens (primary N) is 1. The van der Waals surface area contributed by atoms with Crippen LogP contribution in [0.5, 0.6) is 17.2 Å². The normalized spacial score (nSPS) is 16.0. The Balaban J connectivity index is 1.84. The molecule has 0 bridgehead atoms. The molecule has 1 fully saturated rings. The highest BCUT2D eigenvalue weighted by Gasteiger charge is 2.33. The molecule has 8 heteroatoms. The van der Waals surface area contributed by atoms with Crippen LogP contribution in [0.25, 0.3) is 0 Å². The van der Waals surface area contributed by atoms with Crippen LogP contribution in [0.4, 0.5) is 10.5 Å². The molecule has 1 aliphatic rings. The van der Waals surface area contributed by atoms with E-state index >= 15 is 0 Å². The van der Waals surface area contributed by atoms with E-state index < -0.39 is 0 Å². The van der Waals surface area contributed by atoms with Crippen LogP contribution in [0.3, 0.4) is 0 Å². The van der Waals surface area contributed by atoms with Crippen LogP contribution in [0.2, 0.25) is 0 Å². The van der Waals surface area contributed by atoms with Crippen LogP contribution >= 0.6 is 0 Å². The van der Waals surface area contributed by atoms with E-state index in [0.29, 0.717) is 55.7 Å². The van der Waals surface area contributed by atoms with Crippen molar-refractivity contribution in [2.45, 2.75) is 39.3 Å². The Labute approximate surface area is 202 Å². The molecule has 2 aromatic rings. The van der Waals surface area contributed by atoms with Gasteiger partial charge in [-0.2, -0.15) is 0 Å². The first-order valence-corrected chi connectivity index (χ1v) is 11.9. The van der Waals surface area contributed by atoms with E-state index in [1.165, 1.54) is 0 Å². The lowest BCUT2D eigenvalue weighted by molar-refractivity contribution is 0.143. The lowest BCUT2D eigenvalue weighted by Crippen LogP contribution is -2.54.